The molecule has 0 aliphatic rings. The van der Waals surface area contributed by atoms with Gasteiger partial charge in [-0.2, -0.15) is 0 Å². The molecule has 0 saturated heterocycles. The third kappa shape index (κ3) is 26.6. The van der Waals surface area contributed by atoms with E-state index >= 15 is 0 Å². The molecule has 0 aromatic rings. The van der Waals surface area contributed by atoms with Gasteiger partial charge in [-0.15, -0.1) is 37.2 Å². The Morgan fingerprint density at radius 1 is 1.00 bits per heavy atom. The van der Waals surface area contributed by atoms with E-state index in [1.165, 1.54) is 19.3 Å². The van der Waals surface area contributed by atoms with Gasteiger partial charge in [0.25, 0.3) is 0 Å². The molecule has 0 radical (unpaired) electrons. The summed E-state index contributed by atoms with van der Waals surface area (Å²) in [6, 6.07) is 0. The minimum absolute atomic E-state index is 0. The first-order chi connectivity index (χ1) is 2.91. The van der Waals surface area contributed by atoms with Crippen LogP contribution in [0.3, 0.4) is 0 Å². The molecule has 62 valence electrons. The SMILES string of the molecule is CCCC[CH2][GeH3].Cl.Cl.Cl. The maximum atomic E-state index is 2.25. The van der Waals surface area contributed by atoms with Crippen LogP contribution >= 0.6 is 37.2 Å². The second-order valence-corrected chi connectivity index (χ2v) is 3.81. The van der Waals surface area contributed by atoms with Crippen LogP contribution in [0.15, 0.2) is 0 Å². The zero-order valence-corrected chi connectivity index (χ0v) is 12.7. The van der Waals surface area contributed by atoms with Crippen LogP contribution in [0.2, 0.25) is 5.25 Å². The second-order valence-electron chi connectivity index (χ2n) is 1.71. The molecule has 0 amide bonds. The molecule has 0 saturated carbocycles. The van der Waals surface area contributed by atoms with Gasteiger partial charge < -0.3 is 0 Å². The fourth-order valence-corrected chi connectivity index (χ4v) is 1.55. The molecule has 4 heteroatoms. The molecular weight excluding hydrogens is 239 g/mol. The minimum Gasteiger partial charge on any atom is -0.147 e. The quantitative estimate of drug-likeness (QED) is 0.536. The average Bonchev–Trinajstić information content (AvgIpc) is 1.61. The van der Waals surface area contributed by atoms with E-state index in [1.54, 1.807) is 5.25 Å². The molecule has 0 aromatic carbocycles. The topological polar surface area (TPSA) is 0 Å². The summed E-state index contributed by atoms with van der Waals surface area (Å²) >= 11 is 1.11. The predicted octanol–water partition coefficient (Wildman–Crippen LogP) is 2.23. The predicted molar refractivity (Wildman–Crippen MR) is 56.0 cm³/mol. The van der Waals surface area contributed by atoms with Crippen molar-refractivity contribution in [2.75, 3.05) is 0 Å². The molecule has 0 spiro atoms. The number of hydrogen-bond donors (Lipinski definition) is 0. The number of rotatable bonds is 3. The molecule has 0 atom stereocenters. The smallest absolute Gasteiger partial charge is 0.147 e. The van der Waals surface area contributed by atoms with Crippen molar-refractivity contribution < 1.29 is 0 Å². The normalized spacial score (nSPS) is 6.33. The maximum Gasteiger partial charge on any atom is -0.147 e. The number of hydrogen-bond acceptors (Lipinski definition) is 0. The third-order valence-corrected chi connectivity index (χ3v) is 2.44. The second kappa shape index (κ2) is 22.7. The Kier molecular flexibility index (Phi) is 56.7. The fraction of sp³-hybridized carbons (Fsp3) is 1.00. The maximum absolute atomic E-state index is 2.25. The van der Waals surface area contributed by atoms with Gasteiger partial charge >= 0.3 is 48.0 Å². The Morgan fingerprint density at radius 3 is 1.56 bits per heavy atom. The fourth-order valence-electron chi connectivity index (χ4n) is 0.500. The Morgan fingerprint density at radius 2 is 1.44 bits per heavy atom. The summed E-state index contributed by atoms with van der Waals surface area (Å²) in [7, 11) is 0. The van der Waals surface area contributed by atoms with Crippen molar-refractivity contribution in [1.82, 2.24) is 0 Å². The van der Waals surface area contributed by atoms with Gasteiger partial charge in [0.2, 0.25) is 0 Å². The van der Waals surface area contributed by atoms with E-state index in [0.717, 1.165) is 16.5 Å². The monoisotopic (exact) mass is 256 g/mol. The molecule has 0 bridgehead atoms. The largest absolute Gasteiger partial charge is 0.147 e. The summed E-state index contributed by atoms with van der Waals surface area (Å²) in [4.78, 5) is 0. The molecule has 0 aliphatic carbocycles. The van der Waals surface area contributed by atoms with Gasteiger partial charge in [-0.25, -0.2) is 0 Å². The van der Waals surface area contributed by atoms with Crippen molar-refractivity contribution in [2.45, 2.75) is 31.4 Å². The van der Waals surface area contributed by atoms with Gasteiger partial charge in [-0.1, -0.05) is 0 Å². The van der Waals surface area contributed by atoms with Crippen molar-refractivity contribution in [1.29, 1.82) is 0 Å². The van der Waals surface area contributed by atoms with Crippen LogP contribution in [0.5, 0.6) is 0 Å². The summed E-state index contributed by atoms with van der Waals surface area (Å²) in [6.45, 7) is 2.25. The molecule has 0 rings (SSSR count). The van der Waals surface area contributed by atoms with Gasteiger partial charge in [0.05, 0.1) is 0 Å². The van der Waals surface area contributed by atoms with Crippen LogP contribution < -0.4 is 0 Å². The molecule has 0 N–H and O–H groups in total. The van der Waals surface area contributed by atoms with Crippen molar-refractivity contribution in [2.24, 2.45) is 0 Å². The molecule has 0 fully saturated rings. The Labute approximate surface area is 85.0 Å². The Bertz CT molecular complexity index is 24.2. The van der Waals surface area contributed by atoms with Crippen LogP contribution in [0, 0.1) is 0 Å². The Hall–Kier alpha value is 1.41. The van der Waals surface area contributed by atoms with Crippen molar-refractivity contribution in [3.63, 3.8) is 0 Å². The van der Waals surface area contributed by atoms with E-state index in [-0.39, 0.29) is 37.2 Å². The molecule has 0 unspecified atom stereocenters. The van der Waals surface area contributed by atoms with Crippen LogP contribution in [-0.2, 0) is 0 Å². The van der Waals surface area contributed by atoms with Crippen molar-refractivity contribution >= 4 is 53.7 Å². The van der Waals surface area contributed by atoms with Crippen LogP contribution in [0.25, 0.3) is 0 Å². The molecule has 0 aliphatic heterocycles. The first kappa shape index (κ1) is 22.4. The van der Waals surface area contributed by atoms with E-state index < -0.39 is 0 Å². The van der Waals surface area contributed by atoms with E-state index in [1.807, 2.05) is 0 Å². The van der Waals surface area contributed by atoms with E-state index in [2.05, 4.69) is 6.92 Å². The number of halogens is 3. The third-order valence-electron chi connectivity index (χ3n) is 0.957. The van der Waals surface area contributed by atoms with Gasteiger partial charge in [0.15, 0.2) is 0 Å². The van der Waals surface area contributed by atoms with Gasteiger partial charge in [-0.3, -0.25) is 0 Å². The zero-order valence-electron chi connectivity index (χ0n) is 6.05. The first-order valence-electron chi connectivity index (χ1n) is 2.91. The van der Waals surface area contributed by atoms with E-state index in [9.17, 15) is 0 Å². The minimum atomic E-state index is 0. The summed E-state index contributed by atoms with van der Waals surface area (Å²) in [5.74, 6) is 0. The average molecular weight is 256 g/mol. The zero-order chi connectivity index (χ0) is 4.83. The Balaban J connectivity index is -0.0000000417. The van der Waals surface area contributed by atoms with E-state index in [0.29, 0.717) is 0 Å². The van der Waals surface area contributed by atoms with Crippen molar-refractivity contribution in [3.05, 3.63) is 0 Å². The molecular formula is C5H17Cl3Ge. The molecule has 9 heavy (non-hydrogen) atoms. The molecule has 0 heterocycles. The van der Waals surface area contributed by atoms with Gasteiger partial charge in [-0.05, 0) is 0 Å². The summed E-state index contributed by atoms with van der Waals surface area (Å²) in [5, 5.41) is 1.54. The van der Waals surface area contributed by atoms with Crippen LogP contribution in [-0.4, -0.2) is 16.5 Å². The number of unbranched alkanes of at least 4 members (excludes halogenated alkanes) is 2. The van der Waals surface area contributed by atoms with Gasteiger partial charge in [0.1, 0.15) is 0 Å². The van der Waals surface area contributed by atoms with Crippen molar-refractivity contribution in [3.8, 4) is 0 Å². The first-order valence-corrected chi connectivity index (χ1v) is 5.88. The van der Waals surface area contributed by atoms with Crippen LogP contribution in [0.4, 0.5) is 0 Å². The molecule has 0 nitrogen and oxygen atoms in total. The molecule has 0 aromatic heterocycles. The van der Waals surface area contributed by atoms with Crippen LogP contribution in [0.1, 0.15) is 26.2 Å². The summed E-state index contributed by atoms with van der Waals surface area (Å²) in [6.07, 6.45) is 4.34. The summed E-state index contributed by atoms with van der Waals surface area (Å²) < 4.78 is 0. The van der Waals surface area contributed by atoms with Gasteiger partial charge in [0, 0.05) is 0 Å². The van der Waals surface area contributed by atoms with E-state index in [4.69, 9.17) is 0 Å². The standard InChI is InChI=1S/C5H14Ge.3ClH/c1-2-3-4-5-6;;;/h2-5H2,1,6H3;3*1H. The summed E-state index contributed by atoms with van der Waals surface area (Å²) in [5.41, 5.74) is 0.